The second-order valence-electron chi connectivity index (χ2n) is 7.83. The molecule has 0 radical (unpaired) electrons. The van der Waals surface area contributed by atoms with E-state index >= 15 is 0 Å². The lowest BCUT2D eigenvalue weighted by atomic mass is 9.92. The van der Waals surface area contributed by atoms with Gasteiger partial charge in [0.25, 0.3) is 5.89 Å². The molecule has 6 nitrogen and oxygen atoms in total. The van der Waals surface area contributed by atoms with E-state index in [-0.39, 0.29) is 6.10 Å². The number of anilines is 1. The maximum atomic E-state index is 9.75. The smallest absolute Gasteiger partial charge is 0.259 e. The van der Waals surface area contributed by atoms with Gasteiger partial charge in [-0.2, -0.15) is 4.98 Å². The maximum Gasteiger partial charge on any atom is 0.259 e. The normalized spacial score (nSPS) is 16.1. The van der Waals surface area contributed by atoms with Gasteiger partial charge in [0.15, 0.2) is 5.82 Å². The first-order chi connectivity index (χ1) is 14.2. The average Bonchev–Trinajstić information content (AvgIpc) is 3.24. The maximum absolute atomic E-state index is 9.75. The molecule has 3 heterocycles. The van der Waals surface area contributed by atoms with Gasteiger partial charge in [-0.3, -0.25) is 0 Å². The Labute approximate surface area is 171 Å². The van der Waals surface area contributed by atoms with Crippen molar-refractivity contribution in [1.82, 2.24) is 15.1 Å². The van der Waals surface area contributed by atoms with Crippen LogP contribution in [-0.2, 0) is 12.8 Å². The first-order valence-corrected chi connectivity index (χ1v) is 10.4. The second kappa shape index (κ2) is 9.18. The Morgan fingerprint density at radius 3 is 2.59 bits per heavy atom. The van der Waals surface area contributed by atoms with Crippen LogP contribution in [0.25, 0.3) is 11.5 Å². The van der Waals surface area contributed by atoms with Crippen LogP contribution < -0.4 is 4.90 Å². The number of hydrogen-bond donors (Lipinski definition) is 1. The molecule has 1 saturated heterocycles. The van der Waals surface area contributed by atoms with E-state index in [0.29, 0.717) is 11.8 Å². The van der Waals surface area contributed by atoms with Crippen LogP contribution >= 0.6 is 0 Å². The van der Waals surface area contributed by atoms with Crippen molar-refractivity contribution in [2.75, 3.05) is 18.0 Å². The van der Waals surface area contributed by atoms with Crippen LogP contribution in [0.1, 0.15) is 37.6 Å². The number of benzene rings is 1. The Morgan fingerprint density at radius 1 is 1.10 bits per heavy atom. The van der Waals surface area contributed by atoms with Crippen molar-refractivity contribution in [2.45, 2.75) is 45.1 Å². The summed E-state index contributed by atoms with van der Waals surface area (Å²) in [4.78, 5) is 11.4. The fourth-order valence-corrected chi connectivity index (χ4v) is 3.88. The summed E-state index contributed by atoms with van der Waals surface area (Å²) in [7, 11) is 0. The van der Waals surface area contributed by atoms with Crippen LogP contribution in [0.5, 0.6) is 0 Å². The summed E-state index contributed by atoms with van der Waals surface area (Å²) in [5.74, 6) is 2.61. The fourth-order valence-electron chi connectivity index (χ4n) is 3.88. The van der Waals surface area contributed by atoms with E-state index in [1.54, 1.807) is 6.20 Å². The van der Waals surface area contributed by atoms with Crippen molar-refractivity contribution in [3.05, 3.63) is 60.0 Å². The van der Waals surface area contributed by atoms with Gasteiger partial charge in [-0.05, 0) is 56.2 Å². The Morgan fingerprint density at radius 2 is 1.90 bits per heavy atom. The third-order valence-electron chi connectivity index (χ3n) is 5.72. The zero-order valence-corrected chi connectivity index (χ0v) is 16.9. The van der Waals surface area contributed by atoms with Crippen LogP contribution in [0.3, 0.4) is 0 Å². The summed E-state index contributed by atoms with van der Waals surface area (Å²) >= 11 is 0. The highest BCUT2D eigenvalue weighted by atomic mass is 16.5. The standard InChI is InChI=1S/C23H28N4O2/c1-17(28)19-12-14-27(15-13-19)22-11-10-20(16-24-22)23-25-21(26-29-23)9-5-8-18-6-3-2-4-7-18/h2-4,6-7,10-11,16-17,19,28H,5,8-9,12-15H2,1H3/t17-/m0/s1. The summed E-state index contributed by atoms with van der Waals surface area (Å²) in [6.45, 7) is 3.73. The van der Waals surface area contributed by atoms with Crippen LogP contribution in [-0.4, -0.2) is 39.4 Å². The molecule has 1 aliphatic heterocycles. The van der Waals surface area contributed by atoms with E-state index < -0.39 is 0 Å². The Kier molecular flexibility index (Phi) is 6.20. The minimum atomic E-state index is -0.230. The number of aliphatic hydroxyl groups excluding tert-OH is 1. The number of aliphatic hydroxyl groups is 1. The van der Waals surface area contributed by atoms with Crippen molar-refractivity contribution in [3.63, 3.8) is 0 Å². The number of pyridine rings is 1. The number of rotatable bonds is 7. The van der Waals surface area contributed by atoms with E-state index in [4.69, 9.17) is 4.52 Å². The number of piperidine rings is 1. The first-order valence-electron chi connectivity index (χ1n) is 10.4. The van der Waals surface area contributed by atoms with E-state index in [1.165, 1.54) is 5.56 Å². The van der Waals surface area contributed by atoms with Crippen molar-refractivity contribution in [1.29, 1.82) is 0 Å². The summed E-state index contributed by atoms with van der Waals surface area (Å²) in [6.07, 6.45) is 6.36. The fraction of sp³-hybridized carbons (Fsp3) is 0.435. The molecule has 0 bridgehead atoms. The van der Waals surface area contributed by atoms with E-state index in [0.717, 1.165) is 62.4 Å². The molecule has 1 fully saturated rings. The molecule has 0 spiro atoms. The van der Waals surface area contributed by atoms with Crippen LogP contribution in [0.15, 0.2) is 53.2 Å². The number of aromatic nitrogens is 3. The molecule has 2 aromatic heterocycles. The minimum absolute atomic E-state index is 0.230. The SMILES string of the molecule is C[C@H](O)C1CCN(c2ccc(-c3nc(CCCc4ccccc4)no3)cn2)CC1. The molecule has 4 rings (SSSR count). The molecule has 1 atom stereocenters. The Balaban J connectivity index is 1.31. The number of hydrogen-bond acceptors (Lipinski definition) is 6. The molecular formula is C23H28N4O2. The molecule has 0 amide bonds. The second-order valence-corrected chi connectivity index (χ2v) is 7.83. The molecule has 29 heavy (non-hydrogen) atoms. The third-order valence-corrected chi connectivity index (χ3v) is 5.72. The lowest BCUT2D eigenvalue weighted by molar-refractivity contribution is 0.110. The zero-order chi connectivity index (χ0) is 20.1. The molecular weight excluding hydrogens is 364 g/mol. The van der Waals surface area contributed by atoms with Gasteiger partial charge in [-0.15, -0.1) is 0 Å². The molecule has 0 aliphatic carbocycles. The predicted octanol–water partition coefficient (Wildman–Crippen LogP) is 3.90. The van der Waals surface area contributed by atoms with Gasteiger partial charge in [0.05, 0.1) is 11.7 Å². The van der Waals surface area contributed by atoms with Gasteiger partial charge >= 0.3 is 0 Å². The van der Waals surface area contributed by atoms with E-state index in [2.05, 4.69) is 44.3 Å². The van der Waals surface area contributed by atoms with E-state index in [9.17, 15) is 5.11 Å². The highest BCUT2D eigenvalue weighted by Crippen LogP contribution is 2.25. The van der Waals surface area contributed by atoms with Gasteiger partial charge in [0, 0.05) is 25.7 Å². The van der Waals surface area contributed by atoms with Crippen LogP contribution in [0.4, 0.5) is 5.82 Å². The molecule has 3 aromatic rings. The van der Waals surface area contributed by atoms with Gasteiger partial charge in [-0.25, -0.2) is 4.98 Å². The van der Waals surface area contributed by atoms with Gasteiger partial charge in [0.1, 0.15) is 5.82 Å². The van der Waals surface area contributed by atoms with Crippen LogP contribution in [0, 0.1) is 5.92 Å². The quantitative estimate of drug-likeness (QED) is 0.657. The third kappa shape index (κ3) is 5.01. The van der Waals surface area contributed by atoms with E-state index in [1.807, 2.05) is 25.1 Å². The summed E-state index contributed by atoms with van der Waals surface area (Å²) < 4.78 is 5.44. The van der Waals surface area contributed by atoms with Crippen molar-refractivity contribution in [3.8, 4) is 11.5 Å². The molecule has 152 valence electrons. The topological polar surface area (TPSA) is 75.3 Å². The van der Waals surface area contributed by atoms with Crippen LogP contribution in [0.2, 0.25) is 0 Å². The number of aryl methyl sites for hydroxylation is 2. The molecule has 0 saturated carbocycles. The van der Waals surface area contributed by atoms with Crippen molar-refractivity contribution in [2.24, 2.45) is 5.92 Å². The van der Waals surface area contributed by atoms with Gasteiger partial charge in [0.2, 0.25) is 0 Å². The molecule has 0 unspecified atom stereocenters. The average molecular weight is 393 g/mol. The molecule has 1 aliphatic rings. The molecule has 1 aromatic carbocycles. The predicted molar refractivity (Wildman–Crippen MR) is 113 cm³/mol. The largest absolute Gasteiger partial charge is 0.393 e. The number of nitrogens with zero attached hydrogens (tertiary/aromatic N) is 4. The highest BCUT2D eigenvalue weighted by Gasteiger charge is 2.23. The lowest BCUT2D eigenvalue weighted by Gasteiger charge is -2.34. The highest BCUT2D eigenvalue weighted by molar-refractivity contribution is 5.54. The summed E-state index contributed by atoms with van der Waals surface area (Å²) in [5, 5.41) is 13.9. The summed E-state index contributed by atoms with van der Waals surface area (Å²) in [6, 6.07) is 14.4. The lowest BCUT2D eigenvalue weighted by Crippen LogP contribution is -2.37. The minimum Gasteiger partial charge on any atom is -0.393 e. The Hall–Kier alpha value is -2.73. The Bertz CT molecular complexity index is 885. The van der Waals surface area contributed by atoms with Gasteiger partial charge in [-0.1, -0.05) is 35.5 Å². The summed E-state index contributed by atoms with van der Waals surface area (Å²) in [5.41, 5.74) is 2.17. The van der Waals surface area contributed by atoms with Crippen molar-refractivity contribution >= 4 is 5.82 Å². The molecule has 6 heteroatoms. The first kappa shape index (κ1) is 19.6. The van der Waals surface area contributed by atoms with Crippen molar-refractivity contribution < 1.29 is 9.63 Å². The molecule has 1 N–H and O–H groups in total. The monoisotopic (exact) mass is 392 g/mol. The van der Waals surface area contributed by atoms with Gasteiger partial charge < -0.3 is 14.5 Å². The zero-order valence-electron chi connectivity index (χ0n) is 16.9.